The third-order valence-electron chi connectivity index (χ3n) is 4.60. The number of benzene rings is 2. The highest BCUT2D eigenvalue weighted by Crippen LogP contribution is 2.20. The molecular weight excluding hydrogens is 479 g/mol. The highest BCUT2D eigenvalue weighted by Gasteiger charge is 2.22. The van der Waals surface area contributed by atoms with Gasteiger partial charge in [-0.15, -0.1) is 11.3 Å². The van der Waals surface area contributed by atoms with Gasteiger partial charge in [0.1, 0.15) is 12.4 Å². The maximum absolute atomic E-state index is 13.7. The van der Waals surface area contributed by atoms with Crippen molar-refractivity contribution >= 4 is 51.5 Å². The third-order valence-corrected chi connectivity index (χ3v) is 5.74. The van der Waals surface area contributed by atoms with E-state index in [2.05, 4.69) is 15.6 Å². The lowest BCUT2D eigenvalue weighted by Crippen LogP contribution is -2.40. The molecule has 3 rings (SSSR count). The number of anilines is 2. The largest absolute Gasteiger partial charge is 0.329 e. The minimum absolute atomic E-state index is 0.0782. The molecule has 0 fully saturated rings. The quantitative estimate of drug-likeness (QED) is 0.437. The van der Waals surface area contributed by atoms with Crippen LogP contribution in [-0.2, 0) is 16.0 Å². The maximum atomic E-state index is 13.7. The summed E-state index contributed by atoms with van der Waals surface area (Å²) >= 11 is 7.32. The van der Waals surface area contributed by atoms with Crippen molar-refractivity contribution in [2.24, 2.45) is 5.92 Å². The topological polar surface area (TPSA) is 91.4 Å². The number of carbonyl (C=O) groups excluding carboxylic acids is 3. The Balaban J connectivity index is 1.60. The van der Waals surface area contributed by atoms with Gasteiger partial charge in [0.2, 0.25) is 11.8 Å². The second-order valence-corrected chi connectivity index (χ2v) is 9.22. The highest BCUT2D eigenvalue weighted by atomic mass is 35.5. The Morgan fingerprint density at radius 1 is 1.06 bits per heavy atom. The smallest absolute Gasteiger partial charge is 0.255 e. The van der Waals surface area contributed by atoms with Crippen LogP contribution in [0.5, 0.6) is 0 Å². The van der Waals surface area contributed by atoms with E-state index in [1.54, 1.807) is 35.7 Å². The van der Waals surface area contributed by atoms with Crippen LogP contribution in [0.15, 0.2) is 53.9 Å². The van der Waals surface area contributed by atoms with Crippen molar-refractivity contribution in [1.29, 1.82) is 0 Å². The molecule has 0 saturated carbocycles. The van der Waals surface area contributed by atoms with Crippen molar-refractivity contribution < 1.29 is 18.8 Å². The van der Waals surface area contributed by atoms with Gasteiger partial charge in [0.05, 0.1) is 28.4 Å². The van der Waals surface area contributed by atoms with Gasteiger partial charge >= 0.3 is 0 Å². The van der Waals surface area contributed by atoms with Crippen molar-refractivity contribution in [2.45, 2.75) is 20.3 Å². The first kappa shape index (κ1) is 25.3. The summed E-state index contributed by atoms with van der Waals surface area (Å²) in [5.41, 5.74) is 0.847. The molecule has 0 aliphatic rings. The van der Waals surface area contributed by atoms with Crippen LogP contribution in [0, 0.1) is 11.7 Å². The molecule has 0 aliphatic heterocycles. The average Bonchev–Trinajstić information content (AvgIpc) is 3.20. The standard InChI is InChI=1S/C24H24ClFN4O3S/c1-15(2)12-30(23(33)17-7-3-4-8-18(17)25)13-22(32)29-24-27-16(14-34-24)11-21(31)28-20-10-6-5-9-19(20)26/h3-10,14-15H,11-13H2,1-2H3,(H,28,31)(H,27,29,32). The summed E-state index contributed by atoms with van der Waals surface area (Å²) in [5, 5.41) is 7.42. The summed E-state index contributed by atoms with van der Waals surface area (Å²) in [4.78, 5) is 43.5. The number of para-hydroxylation sites is 1. The van der Waals surface area contributed by atoms with Crippen LogP contribution < -0.4 is 10.6 Å². The highest BCUT2D eigenvalue weighted by molar-refractivity contribution is 7.13. The fraction of sp³-hybridized carbons (Fsp3) is 0.250. The average molecular weight is 503 g/mol. The molecule has 1 aromatic heterocycles. The molecule has 3 aromatic rings. The predicted molar refractivity (Wildman–Crippen MR) is 132 cm³/mol. The number of aromatic nitrogens is 1. The van der Waals surface area contributed by atoms with Crippen molar-refractivity contribution in [1.82, 2.24) is 9.88 Å². The molecule has 10 heteroatoms. The van der Waals surface area contributed by atoms with E-state index in [4.69, 9.17) is 11.6 Å². The number of thiazole rings is 1. The Kier molecular flexibility index (Phi) is 8.72. The van der Waals surface area contributed by atoms with Crippen LogP contribution in [0.25, 0.3) is 0 Å². The lowest BCUT2D eigenvalue weighted by Gasteiger charge is -2.24. The van der Waals surface area contributed by atoms with Crippen LogP contribution in [-0.4, -0.2) is 40.7 Å². The molecule has 0 aliphatic carbocycles. The molecule has 34 heavy (non-hydrogen) atoms. The van der Waals surface area contributed by atoms with Crippen molar-refractivity contribution in [3.63, 3.8) is 0 Å². The van der Waals surface area contributed by atoms with Gasteiger partial charge in [0, 0.05) is 11.9 Å². The summed E-state index contributed by atoms with van der Waals surface area (Å²) in [6, 6.07) is 12.6. The Morgan fingerprint density at radius 3 is 2.47 bits per heavy atom. The first-order valence-corrected chi connectivity index (χ1v) is 11.8. The molecular formula is C24H24ClFN4O3S. The van der Waals surface area contributed by atoms with Gasteiger partial charge in [0.15, 0.2) is 5.13 Å². The van der Waals surface area contributed by atoms with Gasteiger partial charge < -0.3 is 15.5 Å². The summed E-state index contributed by atoms with van der Waals surface area (Å²) in [7, 11) is 0. The Labute approximate surface area is 206 Å². The molecule has 0 unspecified atom stereocenters. The molecule has 0 spiro atoms. The van der Waals surface area contributed by atoms with Crippen molar-refractivity contribution in [3.05, 3.63) is 76.0 Å². The van der Waals surface area contributed by atoms with Crippen LogP contribution in [0.4, 0.5) is 15.2 Å². The summed E-state index contributed by atoms with van der Waals surface area (Å²) in [6.07, 6.45) is -0.0782. The number of carbonyl (C=O) groups is 3. The molecule has 1 heterocycles. The van der Waals surface area contributed by atoms with Gasteiger partial charge in [-0.1, -0.05) is 49.7 Å². The van der Waals surface area contributed by atoms with Crippen molar-refractivity contribution in [3.8, 4) is 0 Å². The Bertz CT molecular complexity index is 1180. The van der Waals surface area contributed by atoms with E-state index in [1.165, 1.54) is 23.1 Å². The normalized spacial score (nSPS) is 10.7. The second-order valence-electron chi connectivity index (χ2n) is 7.96. The van der Waals surface area contributed by atoms with Crippen LogP contribution in [0.2, 0.25) is 5.02 Å². The molecule has 0 bridgehead atoms. The lowest BCUT2D eigenvalue weighted by molar-refractivity contribution is -0.117. The summed E-state index contributed by atoms with van der Waals surface area (Å²) < 4.78 is 13.7. The van der Waals surface area contributed by atoms with E-state index < -0.39 is 17.6 Å². The van der Waals surface area contributed by atoms with E-state index in [1.807, 2.05) is 13.8 Å². The Hall–Kier alpha value is -3.30. The number of nitrogens with one attached hydrogen (secondary N) is 2. The minimum atomic E-state index is -0.528. The van der Waals surface area contributed by atoms with Crippen LogP contribution >= 0.6 is 22.9 Å². The molecule has 2 aromatic carbocycles. The number of nitrogens with zero attached hydrogens (tertiary/aromatic N) is 2. The third kappa shape index (κ3) is 7.10. The summed E-state index contributed by atoms with van der Waals surface area (Å²) in [5.74, 6) is -1.57. The first-order valence-electron chi connectivity index (χ1n) is 10.6. The number of halogens is 2. The van der Waals surface area contributed by atoms with Crippen LogP contribution in [0.3, 0.4) is 0 Å². The first-order chi connectivity index (χ1) is 16.2. The van der Waals surface area contributed by atoms with E-state index in [9.17, 15) is 18.8 Å². The zero-order valence-corrected chi connectivity index (χ0v) is 20.3. The fourth-order valence-corrected chi connectivity index (χ4v) is 4.11. The monoisotopic (exact) mass is 502 g/mol. The second kappa shape index (κ2) is 11.7. The molecule has 3 amide bonds. The predicted octanol–water partition coefficient (Wildman–Crippen LogP) is 4.85. The van der Waals surface area contributed by atoms with E-state index in [0.29, 0.717) is 28.0 Å². The molecule has 178 valence electrons. The molecule has 0 atom stereocenters. The number of hydrogen-bond donors (Lipinski definition) is 2. The molecule has 7 nitrogen and oxygen atoms in total. The zero-order chi connectivity index (χ0) is 24.7. The molecule has 2 N–H and O–H groups in total. The van der Waals surface area contributed by atoms with Gasteiger partial charge in [-0.2, -0.15) is 0 Å². The van der Waals surface area contributed by atoms with E-state index >= 15 is 0 Å². The number of hydrogen-bond acceptors (Lipinski definition) is 5. The lowest BCUT2D eigenvalue weighted by atomic mass is 10.1. The Morgan fingerprint density at radius 2 is 1.76 bits per heavy atom. The minimum Gasteiger partial charge on any atom is -0.329 e. The number of amides is 3. The number of rotatable bonds is 9. The maximum Gasteiger partial charge on any atom is 0.255 e. The fourth-order valence-electron chi connectivity index (χ4n) is 3.16. The molecule has 0 radical (unpaired) electrons. The van der Waals surface area contributed by atoms with Crippen LogP contribution in [0.1, 0.15) is 29.9 Å². The van der Waals surface area contributed by atoms with E-state index in [-0.39, 0.29) is 30.5 Å². The molecule has 0 saturated heterocycles. The zero-order valence-electron chi connectivity index (χ0n) is 18.7. The SMILES string of the molecule is CC(C)CN(CC(=O)Nc1nc(CC(=O)Nc2ccccc2F)cs1)C(=O)c1ccccc1Cl. The summed E-state index contributed by atoms with van der Waals surface area (Å²) in [6.45, 7) is 4.09. The van der Waals surface area contributed by atoms with Gasteiger partial charge in [-0.05, 0) is 30.2 Å². The van der Waals surface area contributed by atoms with Gasteiger partial charge in [-0.3, -0.25) is 14.4 Å². The van der Waals surface area contributed by atoms with Gasteiger partial charge in [0.25, 0.3) is 5.91 Å². The van der Waals surface area contributed by atoms with E-state index in [0.717, 1.165) is 11.3 Å². The van der Waals surface area contributed by atoms with Crippen molar-refractivity contribution in [2.75, 3.05) is 23.7 Å². The van der Waals surface area contributed by atoms with Gasteiger partial charge in [-0.25, -0.2) is 9.37 Å².